The van der Waals surface area contributed by atoms with Gasteiger partial charge in [0.15, 0.2) is 5.69 Å². The zero-order chi connectivity index (χ0) is 15.8. The van der Waals surface area contributed by atoms with Crippen LogP contribution in [0.15, 0.2) is 0 Å². The summed E-state index contributed by atoms with van der Waals surface area (Å²) in [7, 11) is 1.18. The summed E-state index contributed by atoms with van der Waals surface area (Å²) in [6.07, 6.45) is -3.67. The summed E-state index contributed by atoms with van der Waals surface area (Å²) >= 11 is 5.60. The van der Waals surface area contributed by atoms with Gasteiger partial charge in [0, 0.05) is 13.6 Å². The number of carbonyl (C=O) groups excluding carboxylic acids is 2. The molecule has 1 saturated heterocycles. The van der Waals surface area contributed by atoms with E-state index in [0.29, 0.717) is 19.4 Å². The third-order valence-electron chi connectivity index (χ3n) is 3.06. The third-order valence-corrected chi connectivity index (χ3v) is 3.42. The van der Waals surface area contributed by atoms with E-state index in [-0.39, 0.29) is 5.91 Å². The van der Waals surface area contributed by atoms with Gasteiger partial charge in [-0.25, -0.2) is 0 Å². The van der Waals surface area contributed by atoms with E-state index in [1.54, 1.807) is 0 Å². The topological polar surface area (TPSA) is 76.0 Å². The number of halogens is 4. The summed E-state index contributed by atoms with van der Waals surface area (Å²) in [5.41, 5.74) is -1.76. The normalized spacial score (nSPS) is 19.3. The average Bonchev–Trinajstić information content (AvgIpc) is 2.67. The lowest BCUT2D eigenvalue weighted by Crippen LogP contribution is -2.50. The molecule has 2 N–H and O–H groups in total. The van der Waals surface area contributed by atoms with Crippen molar-refractivity contribution >= 4 is 23.4 Å². The molecule has 1 atom stereocenters. The van der Waals surface area contributed by atoms with Gasteiger partial charge in [-0.1, -0.05) is 11.6 Å². The van der Waals surface area contributed by atoms with Gasteiger partial charge in [-0.05, 0) is 12.8 Å². The standard InChI is InChI=1S/C11H12ClF3N4O2/c1-19-7(6(12)8(18-19)11(13,14)15)10(21)17-5-3-2-4-16-9(5)20/h5H,2-4H2,1H3,(H,16,20)(H,17,21)/t5-/m0/s1. The van der Waals surface area contributed by atoms with E-state index in [2.05, 4.69) is 15.7 Å². The molecule has 6 nitrogen and oxygen atoms in total. The number of alkyl halides is 3. The Balaban J connectivity index is 2.23. The highest BCUT2D eigenvalue weighted by Crippen LogP contribution is 2.35. The zero-order valence-electron chi connectivity index (χ0n) is 10.9. The van der Waals surface area contributed by atoms with Gasteiger partial charge in [0.05, 0.1) is 0 Å². The molecule has 2 amide bonds. The lowest BCUT2D eigenvalue weighted by molar-refractivity contribution is -0.141. The summed E-state index contributed by atoms with van der Waals surface area (Å²) in [6, 6.07) is -0.786. The van der Waals surface area contributed by atoms with Crippen LogP contribution in [0.3, 0.4) is 0 Å². The Labute approximate surface area is 122 Å². The highest BCUT2D eigenvalue weighted by atomic mass is 35.5. The van der Waals surface area contributed by atoms with Crippen LogP contribution in [0.4, 0.5) is 13.2 Å². The van der Waals surface area contributed by atoms with Crippen LogP contribution < -0.4 is 10.6 Å². The summed E-state index contributed by atoms with van der Waals surface area (Å²) in [5.74, 6) is -1.24. The van der Waals surface area contributed by atoms with E-state index in [9.17, 15) is 22.8 Å². The number of nitrogens with one attached hydrogen (secondary N) is 2. The average molecular weight is 325 g/mol. The van der Waals surface area contributed by atoms with Crippen molar-refractivity contribution in [3.05, 3.63) is 16.4 Å². The molecule has 0 spiro atoms. The highest BCUT2D eigenvalue weighted by Gasteiger charge is 2.40. The number of rotatable bonds is 2. The number of carbonyl (C=O) groups is 2. The molecule has 0 saturated carbocycles. The first-order valence-electron chi connectivity index (χ1n) is 6.10. The SMILES string of the molecule is Cn1nc(C(F)(F)F)c(Cl)c1C(=O)N[C@H]1CCCNC1=O. The quantitative estimate of drug-likeness (QED) is 0.855. The Morgan fingerprint density at radius 1 is 1.52 bits per heavy atom. The van der Waals surface area contributed by atoms with Crippen molar-refractivity contribution in [3.63, 3.8) is 0 Å². The molecule has 0 bridgehead atoms. The van der Waals surface area contributed by atoms with E-state index >= 15 is 0 Å². The first-order chi connectivity index (χ1) is 9.71. The molecule has 0 unspecified atom stereocenters. The zero-order valence-corrected chi connectivity index (χ0v) is 11.7. The van der Waals surface area contributed by atoms with Gasteiger partial charge in [-0.15, -0.1) is 0 Å². The molecule has 1 aromatic heterocycles. The molecule has 2 rings (SSSR count). The van der Waals surface area contributed by atoms with Crippen molar-refractivity contribution in [1.29, 1.82) is 0 Å². The molecular weight excluding hydrogens is 313 g/mol. The number of hydrogen-bond acceptors (Lipinski definition) is 3. The van der Waals surface area contributed by atoms with Gasteiger partial charge in [0.1, 0.15) is 16.8 Å². The summed E-state index contributed by atoms with van der Waals surface area (Å²) < 4.78 is 38.8. The van der Waals surface area contributed by atoms with Crippen molar-refractivity contribution in [1.82, 2.24) is 20.4 Å². The lowest BCUT2D eigenvalue weighted by atomic mass is 10.1. The van der Waals surface area contributed by atoms with Crippen LogP contribution >= 0.6 is 11.6 Å². The van der Waals surface area contributed by atoms with E-state index < -0.39 is 34.5 Å². The largest absolute Gasteiger partial charge is 0.436 e. The van der Waals surface area contributed by atoms with Crippen molar-refractivity contribution in [2.75, 3.05) is 6.54 Å². The molecule has 2 heterocycles. The second kappa shape index (κ2) is 5.55. The fraction of sp³-hybridized carbons (Fsp3) is 0.545. The second-order valence-corrected chi connectivity index (χ2v) is 4.97. The Morgan fingerprint density at radius 2 is 2.19 bits per heavy atom. The maximum atomic E-state index is 12.7. The maximum absolute atomic E-state index is 12.7. The van der Waals surface area contributed by atoms with Crippen LogP contribution in [0, 0.1) is 0 Å². The molecule has 0 radical (unpaired) electrons. The van der Waals surface area contributed by atoms with E-state index in [4.69, 9.17) is 11.6 Å². The number of amides is 2. The van der Waals surface area contributed by atoms with Crippen LogP contribution in [0.2, 0.25) is 5.02 Å². The van der Waals surface area contributed by atoms with E-state index in [0.717, 1.165) is 4.68 Å². The molecule has 116 valence electrons. The Morgan fingerprint density at radius 3 is 2.71 bits per heavy atom. The van der Waals surface area contributed by atoms with Crippen molar-refractivity contribution in [3.8, 4) is 0 Å². The Bertz CT molecular complexity index is 585. The summed E-state index contributed by atoms with van der Waals surface area (Å²) in [4.78, 5) is 23.6. The smallest absolute Gasteiger partial charge is 0.354 e. The Kier molecular flexibility index (Phi) is 4.13. The molecular formula is C11H12ClF3N4O2. The first-order valence-corrected chi connectivity index (χ1v) is 6.48. The van der Waals surface area contributed by atoms with Crippen molar-refractivity contribution in [2.24, 2.45) is 7.05 Å². The van der Waals surface area contributed by atoms with Crippen LogP contribution in [-0.4, -0.2) is 34.2 Å². The molecule has 0 aliphatic carbocycles. The second-order valence-electron chi connectivity index (χ2n) is 4.59. The molecule has 10 heteroatoms. The molecule has 1 fully saturated rings. The van der Waals surface area contributed by atoms with Crippen LogP contribution in [-0.2, 0) is 18.0 Å². The van der Waals surface area contributed by atoms with Gasteiger partial charge in [0.2, 0.25) is 5.91 Å². The van der Waals surface area contributed by atoms with E-state index in [1.807, 2.05) is 0 Å². The minimum Gasteiger partial charge on any atom is -0.354 e. The monoisotopic (exact) mass is 324 g/mol. The number of hydrogen-bond donors (Lipinski definition) is 2. The summed E-state index contributed by atoms with van der Waals surface area (Å²) in [5, 5.41) is 7.36. The fourth-order valence-corrected chi connectivity index (χ4v) is 2.42. The fourth-order valence-electron chi connectivity index (χ4n) is 2.06. The minimum absolute atomic E-state index is 0.371. The number of aryl methyl sites for hydroxylation is 1. The van der Waals surface area contributed by atoms with Gasteiger partial charge in [-0.2, -0.15) is 18.3 Å². The van der Waals surface area contributed by atoms with E-state index in [1.165, 1.54) is 7.05 Å². The first kappa shape index (κ1) is 15.6. The van der Waals surface area contributed by atoms with Crippen molar-refractivity contribution < 1.29 is 22.8 Å². The number of nitrogens with zero attached hydrogens (tertiary/aromatic N) is 2. The van der Waals surface area contributed by atoms with Gasteiger partial charge < -0.3 is 10.6 Å². The lowest BCUT2D eigenvalue weighted by Gasteiger charge is -2.22. The molecule has 0 aromatic carbocycles. The predicted molar refractivity (Wildman–Crippen MR) is 66.7 cm³/mol. The molecule has 21 heavy (non-hydrogen) atoms. The van der Waals surface area contributed by atoms with Crippen LogP contribution in [0.5, 0.6) is 0 Å². The Hall–Kier alpha value is -1.77. The highest BCUT2D eigenvalue weighted by molar-refractivity contribution is 6.34. The minimum atomic E-state index is -4.75. The van der Waals surface area contributed by atoms with Gasteiger partial charge >= 0.3 is 6.18 Å². The number of aromatic nitrogens is 2. The predicted octanol–water partition coefficient (Wildman–Crippen LogP) is 1.10. The van der Waals surface area contributed by atoms with Crippen LogP contribution in [0.1, 0.15) is 29.0 Å². The molecule has 1 aromatic rings. The maximum Gasteiger partial charge on any atom is 0.436 e. The van der Waals surface area contributed by atoms with Gasteiger partial charge in [0.25, 0.3) is 5.91 Å². The van der Waals surface area contributed by atoms with Crippen LogP contribution in [0.25, 0.3) is 0 Å². The number of piperidine rings is 1. The third kappa shape index (κ3) is 3.12. The van der Waals surface area contributed by atoms with Crippen molar-refractivity contribution in [2.45, 2.75) is 25.1 Å². The molecule has 1 aliphatic heterocycles. The van der Waals surface area contributed by atoms with Gasteiger partial charge in [-0.3, -0.25) is 14.3 Å². The summed E-state index contributed by atoms with van der Waals surface area (Å²) in [6.45, 7) is 0.510. The molecule has 1 aliphatic rings.